The lowest BCUT2D eigenvalue weighted by atomic mass is 10.3. The van der Waals surface area contributed by atoms with Crippen molar-refractivity contribution in [2.24, 2.45) is 0 Å². The number of nitrogens with zero attached hydrogens (tertiary/aromatic N) is 4. The Hall–Kier alpha value is -3.29. The first kappa shape index (κ1) is 15.3. The second kappa shape index (κ2) is 5.97. The summed E-state index contributed by atoms with van der Waals surface area (Å²) >= 11 is 0. The number of aryl methyl sites for hydroxylation is 1. The van der Waals surface area contributed by atoms with Crippen LogP contribution in [-0.4, -0.2) is 24.7 Å². The molecule has 0 atom stereocenters. The first-order valence-corrected chi connectivity index (χ1v) is 8.05. The Labute approximate surface area is 142 Å². The maximum atomic E-state index is 12.7. The van der Waals surface area contributed by atoms with Gasteiger partial charge in [-0.25, -0.2) is 13.9 Å². The molecule has 0 saturated carbocycles. The van der Waals surface area contributed by atoms with Crippen LogP contribution in [0.25, 0.3) is 16.8 Å². The van der Waals surface area contributed by atoms with Gasteiger partial charge in [0.05, 0.1) is 23.8 Å². The van der Waals surface area contributed by atoms with E-state index in [4.69, 9.17) is 4.42 Å². The lowest BCUT2D eigenvalue weighted by Crippen LogP contribution is -2.32. The SMILES string of the molecule is CCn1c2ccccc2n2c(=O)n(CC(=O)NCc3ccco3)nc12. The van der Waals surface area contributed by atoms with E-state index in [0.29, 0.717) is 18.1 Å². The minimum atomic E-state index is -0.327. The smallest absolute Gasteiger partial charge is 0.352 e. The number of furan rings is 1. The fraction of sp³-hybridized carbons (Fsp3) is 0.235. The van der Waals surface area contributed by atoms with Crippen LogP contribution in [0.4, 0.5) is 0 Å². The number of para-hydroxylation sites is 2. The highest BCUT2D eigenvalue weighted by molar-refractivity contribution is 5.80. The maximum absolute atomic E-state index is 12.7. The predicted molar refractivity (Wildman–Crippen MR) is 91.2 cm³/mol. The molecule has 25 heavy (non-hydrogen) atoms. The molecule has 4 rings (SSSR count). The van der Waals surface area contributed by atoms with Crippen molar-refractivity contribution in [1.29, 1.82) is 0 Å². The van der Waals surface area contributed by atoms with Crippen LogP contribution in [0.2, 0.25) is 0 Å². The van der Waals surface area contributed by atoms with Crippen molar-refractivity contribution in [3.05, 3.63) is 58.9 Å². The van der Waals surface area contributed by atoms with Crippen molar-refractivity contribution < 1.29 is 9.21 Å². The Kier molecular flexibility index (Phi) is 3.64. The number of benzene rings is 1. The largest absolute Gasteiger partial charge is 0.467 e. The van der Waals surface area contributed by atoms with E-state index >= 15 is 0 Å². The quantitative estimate of drug-likeness (QED) is 0.595. The zero-order chi connectivity index (χ0) is 17.4. The summed E-state index contributed by atoms with van der Waals surface area (Å²) in [6.45, 7) is 2.81. The second-order valence-corrected chi connectivity index (χ2v) is 5.66. The standard InChI is InChI=1S/C17H17N5O3/c1-2-20-13-7-3-4-8-14(13)22-16(20)19-21(17(22)24)11-15(23)18-10-12-6-5-9-25-12/h3-9H,2,10-11H2,1H3,(H,18,23). The van der Waals surface area contributed by atoms with Crippen LogP contribution in [0.5, 0.6) is 0 Å². The Morgan fingerprint density at radius 3 is 2.72 bits per heavy atom. The number of rotatable bonds is 5. The average Bonchev–Trinajstić information content (AvgIpc) is 3.30. The number of hydrogen-bond donors (Lipinski definition) is 1. The molecule has 0 aliphatic carbocycles. The van der Waals surface area contributed by atoms with E-state index in [1.165, 1.54) is 4.68 Å². The Bertz CT molecular complexity index is 1100. The fourth-order valence-corrected chi connectivity index (χ4v) is 2.98. The number of amides is 1. The van der Waals surface area contributed by atoms with E-state index in [-0.39, 0.29) is 24.7 Å². The summed E-state index contributed by atoms with van der Waals surface area (Å²) in [6, 6.07) is 11.2. The first-order valence-electron chi connectivity index (χ1n) is 8.05. The third kappa shape index (κ3) is 2.51. The van der Waals surface area contributed by atoms with E-state index in [1.54, 1.807) is 22.8 Å². The summed E-state index contributed by atoms with van der Waals surface area (Å²) in [5.41, 5.74) is 1.40. The van der Waals surface area contributed by atoms with Gasteiger partial charge in [0.1, 0.15) is 12.3 Å². The van der Waals surface area contributed by atoms with Crippen LogP contribution >= 0.6 is 0 Å². The van der Waals surface area contributed by atoms with Crippen molar-refractivity contribution in [2.45, 2.75) is 26.6 Å². The van der Waals surface area contributed by atoms with Gasteiger partial charge in [-0.2, -0.15) is 0 Å². The number of carbonyl (C=O) groups is 1. The van der Waals surface area contributed by atoms with Crippen molar-refractivity contribution >= 4 is 22.7 Å². The van der Waals surface area contributed by atoms with Crippen LogP contribution in [0.3, 0.4) is 0 Å². The molecule has 0 bridgehead atoms. The van der Waals surface area contributed by atoms with Gasteiger partial charge >= 0.3 is 5.69 Å². The summed E-state index contributed by atoms with van der Waals surface area (Å²) in [4.78, 5) is 24.8. The lowest BCUT2D eigenvalue weighted by Gasteiger charge is -2.03. The van der Waals surface area contributed by atoms with E-state index in [0.717, 1.165) is 11.0 Å². The molecule has 8 heteroatoms. The van der Waals surface area contributed by atoms with Crippen molar-refractivity contribution in [1.82, 2.24) is 24.1 Å². The Balaban J connectivity index is 1.65. The number of carbonyl (C=O) groups excluding carboxylic acids is 1. The summed E-state index contributed by atoms with van der Waals surface area (Å²) in [5, 5.41) is 7.07. The maximum Gasteiger partial charge on any atom is 0.352 e. The van der Waals surface area contributed by atoms with Gasteiger partial charge in [-0.05, 0) is 31.2 Å². The number of imidazole rings is 1. The van der Waals surface area contributed by atoms with Crippen molar-refractivity contribution in [3.8, 4) is 0 Å². The van der Waals surface area contributed by atoms with Crippen molar-refractivity contribution in [3.63, 3.8) is 0 Å². The van der Waals surface area contributed by atoms with Gasteiger partial charge in [-0.1, -0.05) is 12.1 Å². The molecule has 1 aromatic carbocycles. The van der Waals surface area contributed by atoms with Gasteiger partial charge in [0, 0.05) is 6.54 Å². The molecule has 3 aromatic heterocycles. The molecule has 8 nitrogen and oxygen atoms in total. The fourth-order valence-electron chi connectivity index (χ4n) is 2.98. The molecule has 4 aromatic rings. The molecule has 0 aliphatic heterocycles. The summed E-state index contributed by atoms with van der Waals surface area (Å²) in [6.07, 6.45) is 1.54. The predicted octanol–water partition coefficient (Wildman–Crippen LogP) is 1.38. The summed E-state index contributed by atoms with van der Waals surface area (Å²) < 4.78 is 9.84. The summed E-state index contributed by atoms with van der Waals surface area (Å²) in [5.74, 6) is 0.887. The highest BCUT2D eigenvalue weighted by atomic mass is 16.3. The minimum Gasteiger partial charge on any atom is -0.467 e. The molecule has 128 valence electrons. The third-order valence-electron chi connectivity index (χ3n) is 4.13. The average molecular weight is 339 g/mol. The topological polar surface area (TPSA) is 86.5 Å². The molecule has 0 unspecified atom stereocenters. The highest BCUT2D eigenvalue weighted by Gasteiger charge is 2.17. The molecule has 0 spiro atoms. The van der Waals surface area contributed by atoms with E-state index in [2.05, 4.69) is 10.4 Å². The number of nitrogens with one attached hydrogen (secondary N) is 1. The number of aromatic nitrogens is 4. The zero-order valence-corrected chi connectivity index (χ0v) is 13.7. The molecular formula is C17H17N5O3. The molecular weight excluding hydrogens is 322 g/mol. The molecule has 0 radical (unpaired) electrons. The van der Waals surface area contributed by atoms with E-state index in [9.17, 15) is 9.59 Å². The van der Waals surface area contributed by atoms with Gasteiger partial charge in [0.2, 0.25) is 11.7 Å². The van der Waals surface area contributed by atoms with Gasteiger partial charge < -0.3 is 14.3 Å². The third-order valence-corrected chi connectivity index (χ3v) is 4.13. The molecule has 0 fully saturated rings. The molecule has 1 amide bonds. The molecule has 0 aliphatic rings. The van der Waals surface area contributed by atoms with Gasteiger partial charge in [-0.15, -0.1) is 5.10 Å². The van der Waals surface area contributed by atoms with Crippen LogP contribution in [-0.2, 0) is 24.4 Å². The van der Waals surface area contributed by atoms with Crippen LogP contribution in [0.1, 0.15) is 12.7 Å². The molecule has 0 saturated heterocycles. The zero-order valence-electron chi connectivity index (χ0n) is 13.7. The van der Waals surface area contributed by atoms with Gasteiger partial charge in [-0.3, -0.25) is 4.79 Å². The Morgan fingerprint density at radius 1 is 1.20 bits per heavy atom. The highest BCUT2D eigenvalue weighted by Crippen LogP contribution is 2.17. The van der Waals surface area contributed by atoms with Gasteiger partial charge in [0.25, 0.3) is 0 Å². The van der Waals surface area contributed by atoms with E-state index in [1.807, 2.05) is 35.8 Å². The Morgan fingerprint density at radius 2 is 2.00 bits per heavy atom. The number of fused-ring (bicyclic) bond motifs is 3. The lowest BCUT2D eigenvalue weighted by molar-refractivity contribution is -0.122. The van der Waals surface area contributed by atoms with Crippen LogP contribution in [0.15, 0.2) is 51.9 Å². The monoisotopic (exact) mass is 339 g/mol. The number of hydrogen-bond acceptors (Lipinski definition) is 4. The summed E-state index contributed by atoms with van der Waals surface area (Å²) in [7, 11) is 0. The second-order valence-electron chi connectivity index (χ2n) is 5.66. The molecule has 1 N–H and O–H groups in total. The normalized spacial score (nSPS) is 11.4. The molecule has 3 heterocycles. The van der Waals surface area contributed by atoms with Crippen molar-refractivity contribution in [2.75, 3.05) is 0 Å². The minimum absolute atomic E-state index is 0.140. The van der Waals surface area contributed by atoms with E-state index < -0.39 is 0 Å². The van der Waals surface area contributed by atoms with Crippen LogP contribution in [0, 0.1) is 0 Å². The van der Waals surface area contributed by atoms with Crippen LogP contribution < -0.4 is 11.0 Å². The first-order chi connectivity index (χ1) is 12.2. The van der Waals surface area contributed by atoms with Gasteiger partial charge in [0.15, 0.2) is 0 Å².